The van der Waals surface area contributed by atoms with Crippen molar-refractivity contribution in [3.8, 4) is 0 Å². The molecule has 0 aromatic heterocycles. The van der Waals surface area contributed by atoms with Crippen LogP contribution in [0.15, 0.2) is 42.5 Å². The number of fused-ring (bicyclic) bond motifs is 2. The predicted molar refractivity (Wildman–Crippen MR) is 154 cm³/mol. The maximum Gasteiger partial charge on any atom is 0.253 e. The second-order valence-electron chi connectivity index (χ2n) is 12.2. The number of piperidine rings is 1. The van der Waals surface area contributed by atoms with E-state index in [2.05, 4.69) is 63.3 Å². The molecule has 2 aromatic rings. The smallest absolute Gasteiger partial charge is 0.253 e. The third-order valence-electron chi connectivity index (χ3n) is 9.92. The number of aliphatic hydroxyl groups is 1. The summed E-state index contributed by atoms with van der Waals surface area (Å²) in [6.07, 6.45) is 5.29. The summed E-state index contributed by atoms with van der Waals surface area (Å²) < 4.78 is 5.51. The number of hydrogen-bond donors (Lipinski definition) is 2. The van der Waals surface area contributed by atoms with Gasteiger partial charge in [0, 0.05) is 76.8 Å². The van der Waals surface area contributed by atoms with E-state index >= 15 is 0 Å². The SMILES string of the molecule is CCN1CCN(CC(O)C2Cc3ccccc3CN2)Cc2ccc(C(=O)N3CCC4(CC3)CC(OC)C4)cc21. The number of likely N-dealkylation sites (N-methyl/N-ethyl adjacent to an activating group) is 1. The minimum atomic E-state index is -0.437. The summed E-state index contributed by atoms with van der Waals surface area (Å²) in [7, 11) is 1.81. The number of rotatable bonds is 6. The molecule has 2 atom stereocenters. The standard InChI is InChI=1S/C32H44N4O3/c1-3-35-15-14-34(22-30(37)28-16-23-6-4-5-7-25(23)20-33-28)21-26-9-8-24(17-29(26)35)31(38)36-12-10-32(11-13-36)18-27(19-32)39-2/h4-9,17,27-28,30,33,37H,3,10-16,18-22H2,1-2H3. The summed E-state index contributed by atoms with van der Waals surface area (Å²) in [4.78, 5) is 20.3. The molecule has 1 saturated heterocycles. The number of β-amino-alcohol motifs (C(OH)–C–C–N with tert-alkyl or cyclic N) is 1. The number of methoxy groups -OCH3 is 1. The number of carbonyl (C=O) groups is 1. The Hall–Kier alpha value is -2.45. The van der Waals surface area contributed by atoms with Crippen molar-refractivity contribution in [2.24, 2.45) is 5.41 Å². The van der Waals surface area contributed by atoms with Crippen molar-refractivity contribution in [1.29, 1.82) is 0 Å². The molecule has 3 aliphatic heterocycles. The van der Waals surface area contributed by atoms with Crippen LogP contribution in [-0.4, -0.2) is 85.4 Å². The zero-order valence-corrected chi connectivity index (χ0v) is 23.6. The lowest BCUT2D eigenvalue weighted by Crippen LogP contribution is -2.50. The average Bonchev–Trinajstić information content (AvgIpc) is 3.13. The summed E-state index contributed by atoms with van der Waals surface area (Å²) in [5, 5.41) is 14.7. The molecule has 0 radical (unpaired) electrons. The fourth-order valence-electron chi connectivity index (χ4n) is 7.30. The van der Waals surface area contributed by atoms with Crippen LogP contribution in [0.3, 0.4) is 0 Å². The minimum Gasteiger partial charge on any atom is -0.390 e. The largest absolute Gasteiger partial charge is 0.390 e. The Bertz CT molecular complexity index is 1170. The maximum absolute atomic E-state index is 13.5. The molecule has 210 valence electrons. The van der Waals surface area contributed by atoms with Gasteiger partial charge in [-0.1, -0.05) is 30.3 Å². The Morgan fingerprint density at radius 3 is 2.59 bits per heavy atom. The number of amides is 1. The number of nitrogens with zero attached hydrogens (tertiary/aromatic N) is 3. The minimum absolute atomic E-state index is 0.0638. The van der Waals surface area contributed by atoms with Gasteiger partial charge in [0.15, 0.2) is 0 Å². The van der Waals surface area contributed by atoms with Gasteiger partial charge in [-0.15, -0.1) is 0 Å². The highest BCUT2D eigenvalue weighted by Crippen LogP contribution is 2.50. The highest BCUT2D eigenvalue weighted by molar-refractivity contribution is 5.95. The molecule has 2 aromatic carbocycles. The first-order chi connectivity index (χ1) is 19.0. The molecule has 1 saturated carbocycles. The Morgan fingerprint density at radius 2 is 1.85 bits per heavy atom. The highest BCUT2D eigenvalue weighted by Gasteiger charge is 2.46. The van der Waals surface area contributed by atoms with Gasteiger partial charge < -0.3 is 25.0 Å². The van der Waals surface area contributed by atoms with E-state index in [1.54, 1.807) is 0 Å². The fourth-order valence-corrected chi connectivity index (χ4v) is 7.30. The number of hydrogen-bond acceptors (Lipinski definition) is 6. The van der Waals surface area contributed by atoms with Gasteiger partial charge in [0.05, 0.1) is 12.2 Å². The van der Waals surface area contributed by atoms with Crippen LogP contribution in [0.5, 0.6) is 0 Å². The first-order valence-corrected chi connectivity index (χ1v) is 14.9. The first kappa shape index (κ1) is 26.8. The van der Waals surface area contributed by atoms with Gasteiger partial charge in [-0.3, -0.25) is 9.69 Å². The van der Waals surface area contributed by atoms with E-state index in [9.17, 15) is 9.90 Å². The van der Waals surface area contributed by atoms with Crippen molar-refractivity contribution in [1.82, 2.24) is 15.1 Å². The molecule has 6 rings (SSSR count). The van der Waals surface area contributed by atoms with Gasteiger partial charge in [-0.2, -0.15) is 0 Å². The number of likely N-dealkylation sites (tertiary alicyclic amines) is 1. The van der Waals surface area contributed by atoms with Gasteiger partial charge in [-0.25, -0.2) is 0 Å². The van der Waals surface area contributed by atoms with E-state index in [0.717, 1.165) is 83.5 Å². The predicted octanol–water partition coefficient (Wildman–Crippen LogP) is 3.44. The first-order valence-electron chi connectivity index (χ1n) is 14.9. The molecule has 0 bridgehead atoms. The van der Waals surface area contributed by atoms with Gasteiger partial charge in [-0.05, 0) is 73.3 Å². The summed E-state index contributed by atoms with van der Waals surface area (Å²) >= 11 is 0. The van der Waals surface area contributed by atoms with Gasteiger partial charge in [0.2, 0.25) is 0 Å². The van der Waals surface area contributed by atoms with E-state index in [1.165, 1.54) is 22.4 Å². The topological polar surface area (TPSA) is 68.3 Å². The van der Waals surface area contributed by atoms with Crippen LogP contribution in [0.4, 0.5) is 5.69 Å². The van der Waals surface area contributed by atoms with Crippen LogP contribution in [-0.2, 0) is 24.2 Å². The monoisotopic (exact) mass is 532 g/mol. The van der Waals surface area contributed by atoms with Crippen LogP contribution in [0.25, 0.3) is 0 Å². The molecule has 1 amide bonds. The molecular weight excluding hydrogens is 488 g/mol. The zero-order chi connectivity index (χ0) is 27.0. The Balaban J connectivity index is 1.10. The van der Waals surface area contributed by atoms with Crippen LogP contribution in [0.1, 0.15) is 59.7 Å². The molecule has 1 spiro atoms. The van der Waals surface area contributed by atoms with Crippen LogP contribution >= 0.6 is 0 Å². The molecule has 2 fully saturated rings. The van der Waals surface area contributed by atoms with Crippen molar-refractivity contribution < 1.29 is 14.6 Å². The molecule has 2 N–H and O–H groups in total. The average molecular weight is 533 g/mol. The fraction of sp³-hybridized carbons (Fsp3) is 0.594. The lowest BCUT2D eigenvalue weighted by atomic mass is 9.61. The summed E-state index contributed by atoms with van der Waals surface area (Å²) in [6, 6.07) is 14.9. The zero-order valence-electron chi connectivity index (χ0n) is 23.6. The number of benzene rings is 2. The lowest BCUT2D eigenvalue weighted by molar-refractivity contribution is -0.0841. The van der Waals surface area contributed by atoms with E-state index in [-0.39, 0.29) is 11.9 Å². The number of aliphatic hydroxyl groups excluding tert-OH is 1. The highest BCUT2D eigenvalue weighted by atomic mass is 16.5. The quantitative estimate of drug-likeness (QED) is 0.594. The van der Waals surface area contributed by atoms with Gasteiger partial charge in [0.25, 0.3) is 5.91 Å². The summed E-state index contributed by atoms with van der Waals surface area (Å²) in [5.74, 6) is 0.159. The maximum atomic E-state index is 13.5. The van der Waals surface area contributed by atoms with Gasteiger partial charge >= 0.3 is 0 Å². The van der Waals surface area contributed by atoms with Crippen LogP contribution in [0, 0.1) is 5.41 Å². The molecule has 7 nitrogen and oxygen atoms in total. The molecular formula is C32H44N4O3. The van der Waals surface area contributed by atoms with Crippen molar-refractivity contribution in [2.75, 3.05) is 51.3 Å². The number of carbonyl (C=O) groups excluding carboxylic acids is 1. The lowest BCUT2D eigenvalue weighted by Gasteiger charge is -2.51. The van der Waals surface area contributed by atoms with E-state index < -0.39 is 6.10 Å². The molecule has 39 heavy (non-hydrogen) atoms. The third-order valence-corrected chi connectivity index (χ3v) is 9.92. The van der Waals surface area contributed by atoms with Crippen molar-refractivity contribution in [3.05, 3.63) is 64.7 Å². The van der Waals surface area contributed by atoms with E-state index in [4.69, 9.17) is 4.74 Å². The Morgan fingerprint density at radius 1 is 1.08 bits per heavy atom. The van der Waals surface area contributed by atoms with Crippen molar-refractivity contribution >= 4 is 11.6 Å². The Labute approximate surface area is 233 Å². The van der Waals surface area contributed by atoms with Crippen LogP contribution in [0.2, 0.25) is 0 Å². The Kier molecular flexibility index (Phi) is 7.68. The van der Waals surface area contributed by atoms with E-state index in [1.807, 2.05) is 13.2 Å². The molecule has 4 aliphatic rings. The second kappa shape index (κ2) is 11.2. The summed E-state index contributed by atoms with van der Waals surface area (Å²) in [5.41, 5.74) is 6.27. The number of ether oxygens (including phenoxy) is 1. The number of anilines is 1. The van der Waals surface area contributed by atoms with Crippen molar-refractivity contribution in [2.45, 2.75) is 70.4 Å². The van der Waals surface area contributed by atoms with Crippen molar-refractivity contribution in [3.63, 3.8) is 0 Å². The second-order valence-corrected chi connectivity index (χ2v) is 12.2. The number of nitrogens with one attached hydrogen (secondary N) is 1. The molecule has 7 heteroatoms. The summed E-state index contributed by atoms with van der Waals surface area (Å²) in [6.45, 7) is 8.78. The molecule has 2 unspecified atom stereocenters. The van der Waals surface area contributed by atoms with Gasteiger partial charge in [0.1, 0.15) is 0 Å². The van der Waals surface area contributed by atoms with E-state index in [0.29, 0.717) is 18.1 Å². The molecule has 1 aliphatic carbocycles. The normalized spacial score (nSPS) is 24.0. The third kappa shape index (κ3) is 5.47. The van der Waals surface area contributed by atoms with Crippen LogP contribution < -0.4 is 10.2 Å². The molecule has 3 heterocycles.